The minimum atomic E-state index is -0.319. The molecule has 4 aromatic rings. The number of hydrogen-bond acceptors (Lipinski definition) is 5. The molecular formula is C27H29FN4O4. The Balaban J connectivity index is 1.46. The van der Waals surface area contributed by atoms with Gasteiger partial charge in [-0.2, -0.15) is 5.10 Å². The number of aromatic nitrogens is 3. The van der Waals surface area contributed by atoms with Gasteiger partial charge in [-0.1, -0.05) is 18.2 Å². The Morgan fingerprint density at radius 2 is 1.69 bits per heavy atom. The van der Waals surface area contributed by atoms with Crippen LogP contribution in [0.15, 0.2) is 53.5 Å². The molecule has 36 heavy (non-hydrogen) atoms. The van der Waals surface area contributed by atoms with Crippen LogP contribution in [0.25, 0.3) is 10.8 Å². The summed E-state index contributed by atoms with van der Waals surface area (Å²) in [6.07, 6.45) is 2.22. The molecule has 0 saturated carbocycles. The molecule has 2 aromatic carbocycles. The third-order valence-electron chi connectivity index (χ3n) is 6.34. The van der Waals surface area contributed by atoms with Crippen molar-refractivity contribution in [1.29, 1.82) is 0 Å². The lowest BCUT2D eigenvalue weighted by Gasteiger charge is -2.10. The number of fused-ring (bicyclic) bond motifs is 1. The van der Waals surface area contributed by atoms with Crippen LogP contribution in [-0.2, 0) is 24.3 Å². The average molecular weight is 493 g/mol. The van der Waals surface area contributed by atoms with E-state index in [1.165, 1.54) is 16.8 Å². The van der Waals surface area contributed by atoms with Gasteiger partial charge in [-0.05, 0) is 55.7 Å². The van der Waals surface area contributed by atoms with Crippen LogP contribution in [0.3, 0.4) is 0 Å². The summed E-state index contributed by atoms with van der Waals surface area (Å²) in [6.45, 7) is 4.52. The molecule has 9 heteroatoms. The Morgan fingerprint density at radius 1 is 1.00 bits per heavy atom. The first-order valence-electron chi connectivity index (χ1n) is 11.6. The Labute approximate surface area is 208 Å². The van der Waals surface area contributed by atoms with Crippen molar-refractivity contribution in [2.75, 3.05) is 20.8 Å². The molecule has 0 bridgehead atoms. The van der Waals surface area contributed by atoms with Gasteiger partial charge in [0.15, 0.2) is 11.5 Å². The van der Waals surface area contributed by atoms with Crippen molar-refractivity contribution in [3.63, 3.8) is 0 Å². The molecule has 4 rings (SSSR count). The summed E-state index contributed by atoms with van der Waals surface area (Å²) in [5, 5.41) is 8.35. The maximum atomic E-state index is 13.3. The van der Waals surface area contributed by atoms with Crippen LogP contribution in [-0.4, -0.2) is 41.0 Å². The number of hydrogen-bond donors (Lipinski definition) is 1. The van der Waals surface area contributed by atoms with Crippen LogP contribution in [0, 0.1) is 19.7 Å². The summed E-state index contributed by atoms with van der Waals surface area (Å²) in [5.41, 5.74) is 3.26. The van der Waals surface area contributed by atoms with E-state index in [0.717, 1.165) is 27.9 Å². The highest BCUT2D eigenvalue weighted by molar-refractivity contribution is 5.87. The fraction of sp³-hybridized carbons (Fsp3) is 0.296. The maximum Gasteiger partial charge on any atom is 0.276 e. The minimum Gasteiger partial charge on any atom is -0.493 e. The van der Waals surface area contributed by atoms with Crippen LogP contribution >= 0.6 is 0 Å². The minimum absolute atomic E-state index is 0.178. The van der Waals surface area contributed by atoms with Gasteiger partial charge < -0.3 is 19.4 Å². The molecule has 0 spiro atoms. The van der Waals surface area contributed by atoms with E-state index in [0.29, 0.717) is 36.4 Å². The molecule has 0 atom stereocenters. The summed E-state index contributed by atoms with van der Waals surface area (Å²) in [4.78, 5) is 25.8. The molecular weight excluding hydrogens is 463 g/mol. The number of methoxy groups -OCH3 is 2. The van der Waals surface area contributed by atoms with Crippen LogP contribution in [0.2, 0.25) is 0 Å². The molecule has 1 N–H and O–H groups in total. The Hall–Kier alpha value is -4.14. The number of carbonyl (C=O) groups excluding carboxylic acids is 1. The van der Waals surface area contributed by atoms with Gasteiger partial charge in [0.2, 0.25) is 5.91 Å². The van der Waals surface area contributed by atoms with Crippen molar-refractivity contribution in [1.82, 2.24) is 19.7 Å². The number of halogens is 1. The molecule has 0 fully saturated rings. The van der Waals surface area contributed by atoms with Crippen molar-refractivity contribution in [2.24, 2.45) is 0 Å². The van der Waals surface area contributed by atoms with Crippen LogP contribution in [0.1, 0.15) is 22.5 Å². The van der Waals surface area contributed by atoms with E-state index in [4.69, 9.17) is 9.47 Å². The van der Waals surface area contributed by atoms with Gasteiger partial charge in [0, 0.05) is 29.9 Å². The Kier molecular flexibility index (Phi) is 7.38. The van der Waals surface area contributed by atoms with E-state index >= 15 is 0 Å². The van der Waals surface area contributed by atoms with E-state index < -0.39 is 0 Å². The van der Waals surface area contributed by atoms with E-state index in [1.54, 1.807) is 32.5 Å². The number of carbonyl (C=O) groups is 1. The summed E-state index contributed by atoms with van der Waals surface area (Å²) < 4.78 is 27.0. The van der Waals surface area contributed by atoms with Crippen molar-refractivity contribution in [3.05, 3.63) is 87.3 Å². The van der Waals surface area contributed by atoms with Gasteiger partial charge in [0.05, 0.1) is 25.8 Å². The monoisotopic (exact) mass is 492 g/mol. The Bertz CT molecular complexity index is 1460. The normalized spacial score (nSPS) is 11.0. The van der Waals surface area contributed by atoms with Crippen molar-refractivity contribution >= 4 is 16.7 Å². The first-order chi connectivity index (χ1) is 17.3. The molecule has 8 nitrogen and oxygen atoms in total. The zero-order valence-corrected chi connectivity index (χ0v) is 20.8. The lowest BCUT2D eigenvalue weighted by atomic mass is 10.1. The summed E-state index contributed by atoms with van der Waals surface area (Å²) in [7, 11) is 3.15. The number of benzene rings is 2. The molecule has 2 heterocycles. The quantitative estimate of drug-likeness (QED) is 0.387. The first-order valence-corrected chi connectivity index (χ1v) is 11.6. The van der Waals surface area contributed by atoms with Gasteiger partial charge in [0.1, 0.15) is 12.4 Å². The van der Waals surface area contributed by atoms with E-state index in [9.17, 15) is 14.0 Å². The zero-order chi connectivity index (χ0) is 25.8. The molecule has 0 radical (unpaired) electrons. The summed E-state index contributed by atoms with van der Waals surface area (Å²) >= 11 is 0. The van der Waals surface area contributed by atoms with Crippen molar-refractivity contribution in [3.8, 4) is 11.5 Å². The highest BCUT2D eigenvalue weighted by atomic mass is 19.1. The predicted octanol–water partition coefficient (Wildman–Crippen LogP) is 3.38. The number of ether oxygens (including phenoxy) is 2. The third kappa shape index (κ3) is 5.10. The van der Waals surface area contributed by atoms with Gasteiger partial charge in [-0.3, -0.25) is 9.59 Å². The van der Waals surface area contributed by atoms with Crippen molar-refractivity contribution in [2.45, 2.75) is 33.4 Å². The average Bonchev–Trinajstić information content (AvgIpc) is 3.11. The molecule has 0 saturated heterocycles. The number of amides is 1. The molecule has 188 valence electrons. The fourth-order valence-corrected chi connectivity index (χ4v) is 4.34. The number of nitrogens with one attached hydrogen (secondary N) is 1. The maximum absolute atomic E-state index is 13.3. The van der Waals surface area contributed by atoms with Crippen LogP contribution in [0.4, 0.5) is 4.39 Å². The number of nitrogens with zero attached hydrogens (tertiary/aromatic N) is 3. The second-order valence-corrected chi connectivity index (χ2v) is 8.57. The van der Waals surface area contributed by atoms with E-state index in [2.05, 4.69) is 10.4 Å². The molecule has 1 amide bonds. The second kappa shape index (κ2) is 10.6. The zero-order valence-electron chi connectivity index (χ0n) is 20.8. The molecule has 0 unspecified atom stereocenters. The largest absolute Gasteiger partial charge is 0.493 e. The standard InChI is InChI=1S/C27H29FN4O4/c1-17-22-14-30-32(16-25(33)29-12-11-19-7-10-23(35-3)24(13-19)36-4)27(34)26(22)18(2)31(17)15-20-5-8-21(28)9-6-20/h5-10,13-14H,11-12,15-16H2,1-4H3,(H,29,33). The Morgan fingerprint density at radius 3 is 2.39 bits per heavy atom. The molecule has 0 aliphatic heterocycles. The lowest BCUT2D eigenvalue weighted by Crippen LogP contribution is -2.34. The van der Waals surface area contributed by atoms with Crippen LogP contribution in [0.5, 0.6) is 11.5 Å². The van der Waals surface area contributed by atoms with Crippen LogP contribution < -0.4 is 20.3 Å². The fourth-order valence-electron chi connectivity index (χ4n) is 4.34. The highest BCUT2D eigenvalue weighted by Gasteiger charge is 2.17. The summed E-state index contributed by atoms with van der Waals surface area (Å²) in [6, 6.07) is 11.9. The highest BCUT2D eigenvalue weighted by Crippen LogP contribution is 2.27. The third-order valence-corrected chi connectivity index (χ3v) is 6.34. The number of aryl methyl sites for hydroxylation is 2. The van der Waals surface area contributed by atoms with E-state index in [-0.39, 0.29) is 23.8 Å². The van der Waals surface area contributed by atoms with Gasteiger partial charge in [0.25, 0.3) is 5.56 Å². The second-order valence-electron chi connectivity index (χ2n) is 8.57. The predicted molar refractivity (Wildman–Crippen MR) is 135 cm³/mol. The smallest absolute Gasteiger partial charge is 0.276 e. The first kappa shape index (κ1) is 25.0. The van der Waals surface area contributed by atoms with Gasteiger partial charge in [-0.15, -0.1) is 0 Å². The molecule has 0 aliphatic rings. The van der Waals surface area contributed by atoms with Gasteiger partial charge in [-0.25, -0.2) is 9.07 Å². The lowest BCUT2D eigenvalue weighted by molar-refractivity contribution is -0.121. The topological polar surface area (TPSA) is 87.4 Å². The SMILES string of the molecule is COc1ccc(CCNC(=O)Cn2ncc3c(C)n(Cc4ccc(F)cc4)c(C)c3c2=O)cc1OC. The van der Waals surface area contributed by atoms with Gasteiger partial charge >= 0.3 is 0 Å². The van der Waals surface area contributed by atoms with E-state index in [1.807, 2.05) is 36.6 Å². The summed E-state index contributed by atoms with van der Waals surface area (Å²) in [5.74, 6) is 0.675. The van der Waals surface area contributed by atoms with Crippen molar-refractivity contribution < 1.29 is 18.7 Å². The number of rotatable bonds is 9. The molecule has 2 aromatic heterocycles. The molecule has 0 aliphatic carbocycles.